The van der Waals surface area contributed by atoms with Crippen LogP contribution in [0.1, 0.15) is 31.8 Å². The van der Waals surface area contributed by atoms with Crippen molar-refractivity contribution in [3.05, 3.63) is 119 Å². The molecule has 0 unspecified atom stereocenters. The zero-order valence-electron chi connectivity index (χ0n) is 19.7. The molecule has 0 aromatic heterocycles. The minimum Gasteiger partial charge on any atom is -0.464 e. The number of rotatable bonds is 8. The summed E-state index contributed by atoms with van der Waals surface area (Å²) in [5, 5.41) is 5.13. The fourth-order valence-corrected chi connectivity index (χ4v) is 3.10. The first-order valence-electron chi connectivity index (χ1n) is 10.8. The Morgan fingerprint density at radius 2 is 0.889 bits per heavy atom. The van der Waals surface area contributed by atoms with Gasteiger partial charge in [-0.05, 0) is 47.5 Å². The van der Waals surface area contributed by atoms with Crippen LogP contribution in [0.15, 0.2) is 96.3 Å². The summed E-state index contributed by atoms with van der Waals surface area (Å²) in [5.74, 6) is -2.33. The number of amides is 2. The van der Waals surface area contributed by atoms with Gasteiger partial charge >= 0.3 is 11.9 Å². The Morgan fingerprint density at radius 1 is 0.556 bits per heavy atom. The summed E-state index contributed by atoms with van der Waals surface area (Å²) in [7, 11) is 2.44. The number of carbonyl (C=O) groups excluding carboxylic acids is 4. The van der Waals surface area contributed by atoms with E-state index in [0.717, 1.165) is 0 Å². The van der Waals surface area contributed by atoms with Crippen LogP contribution in [0.2, 0.25) is 0 Å². The van der Waals surface area contributed by atoms with Crippen LogP contribution in [-0.2, 0) is 19.1 Å². The van der Waals surface area contributed by atoms with Crippen LogP contribution < -0.4 is 10.6 Å². The minimum absolute atomic E-state index is 0.0416. The molecule has 182 valence electrons. The van der Waals surface area contributed by atoms with Gasteiger partial charge in [0.15, 0.2) is 0 Å². The molecule has 0 heterocycles. The molecule has 0 aliphatic carbocycles. The minimum atomic E-state index is -0.708. The van der Waals surface area contributed by atoms with Crippen molar-refractivity contribution in [1.29, 1.82) is 0 Å². The monoisotopic (exact) mass is 484 g/mol. The van der Waals surface area contributed by atoms with Crippen LogP contribution in [0.3, 0.4) is 0 Å². The van der Waals surface area contributed by atoms with Crippen LogP contribution in [0.5, 0.6) is 0 Å². The lowest BCUT2D eigenvalue weighted by Crippen LogP contribution is -2.28. The van der Waals surface area contributed by atoms with E-state index in [9.17, 15) is 19.2 Å². The molecular weight excluding hydrogens is 460 g/mol. The van der Waals surface area contributed by atoms with Gasteiger partial charge in [0.05, 0.1) is 14.2 Å². The molecule has 8 heteroatoms. The molecule has 0 aliphatic rings. The van der Waals surface area contributed by atoms with Crippen LogP contribution in [0, 0.1) is 0 Å². The van der Waals surface area contributed by atoms with Gasteiger partial charge in [-0.25, -0.2) is 9.59 Å². The molecular formula is C28H24N2O6. The van der Waals surface area contributed by atoms with E-state index in [1.165, 1.54) is 26.4 Å². The van der Waals surface area contributed by atoms with Crippen LogP contribution >= 0.6 is 0 Å². The smallest absolute Gasteiger partial charge is 0.354 e. The number of hydrogen-bond donors (Lipinski definition) is 2. The van der Waals surface area contributed by atoms with Gasteiger partial charge in [-0.1, -0.05) is 60.7 Å². The standard InChI is InChI=1S/C28H24N2O6/c1-35-27(33)23(29-25(31)21-9-5-3-6-10-21)17-19-13-15-20(16-14-19)18-24(28(34)36-2)30-26(32)22-11-7-4-8-12-22/h3-18H,1-2H3,(H,29,31)(H,30,32)/b23-17-,24-18+. The van der Waals surface area contributed by atoms with E-state index < -0.39 is 23.8 Å². The topological polar surface area (TPSA) is 111 Å². The number of ether oxygens (including phenoxy) is 2. The van der Waals surface area contributed by atoms with E-state index in [-0.39, 0.29) is 11.4 Å². The van der Waals surface area contributed by atoms with Crippen molar-refractivity contribution in [1.82, 2.24) is 10.6 Å². The first kappa shape index (κ1) is 25.6. The lowest BCUT2D eigenvalue weighted by atomic mass is 10.1. The Kier molecular flexibility index (Phi) is 8.88. The number of hydrogen-bond acceptors (Lipinski definition) is 6. The predicted octanol–water partition coefficient (Wildman–Crippen LogP) is 3.57. The highest BCUT2D eigenvalue weighted by Crippen LogP contribution is 2.13. The van der Waals surface area contributed by atoms with Gasteiger partial charge in [0, 0.05) is 11.1 Å². The first-order valence-corrected chi connectivity index (χ1v) is 10.8. The molecule has 2 amide bonds. The van der Waals surface area contributed by atoms with Crippen molar-refractivity contribution >= 4 is 35.9 Å². The van der Waals surface area contributed by atoms with Crippen LogP contribution in [0.4, 0.5) is 0 Å². The summed E-state index contributed by atoms with van der Waals surface area (Å²) in [6.07, 6.45) is 2.94. The normalized spacial score (nSPS) is 11.3. The van der Waals surface area contributed by atoms with Crippen molar-refractivity contribution in [2.75, 3.05) is 14.2 Å². The Labute approximate surface area is 208 Å². The van der Waals surface area contributed by atoms with Gasteiger partial charge in [-0.15, -0.1) is 0 Å². The van der Waals surface area contributed by atoms with Crippen molar-refractivity contribution < 1.29 is 28.7 Å². The largest absolute Gasteiger partial charge is 0.464 e. The summed E-state index contributed by atoms with van der Waals surface area (Å²) in [5.41, 5.74) is 1.88. The Bertz CT molecular complexity index is 1190. The zero-order valence-corrected chi connectivity index (χ0v) is 19.7. The summed E-state index contributed by atoms with van der Waals surface area (Å²) < 4.78 is 9.57. The number of carbonyl (C=O) groups is 4. The third kappa shape index (κ3) is 7.01. The van der Waals surface area contributed by atoms with Crippen LogP contribution in [0.25, 0.3) is 12.2 Å². The van der Waals surface area contributed by atoms with Crippen molar-refractivity contribution in [2.45, 2.75) is 0 Å². The van der Waals surface area contributed by atoms with Gasteiger partial charge in [-0.2, -0.15) is 0 Å². The molecule has 0 aliphatic heterocycles. The maximum Gasteiger partial charge on any atom is 0.354 e. The summed E-state index contributed by atoms with van der Waals surface area (Å²) >= 11 is 0. The summed E-state index contributed by atoms with van der Waals surface area (Å²) in [4.78, 5) is 49.4. The molecule has 36 heavy (non-hydrogen) atoms. The molecule has 2 N–H and O–H groups in total. The van der Waals surface area contributed by atoms with E-state index >= 15 is 0 Å². The first-order chi connectivity index (χ1) is 17.4. The molecule has 0 radical (unpaired) electrons. The van der Waals surface area contributed by atoms with Crippen molar-refractivity contribution in [3.63, 3.8) is 0 Å². The third-order valence-corrected chi connectivity index (χ3v) is 4.94. The molecule has 0 spiro atoms. The maximum atomic E-state index is 12.5. The van der Waals surface area contributed by atoms with Gasteiger partial charge in [0.25, 0.3) is 11.8 Å². The predicted molar refractivity (Wildman–Crippen MR) is 134 cm³/mol. The quantitative estimate of drug-likeness (QED) is 0.374. The number of methoxy groups -OCH3 is 2. The fraction of sp³-hybridized carbons (Fsp3) is 0.0714. The van der Waals surface area contributed by atoms with Crippen LogP contribution in [-0.4, -0.2) is 38.0 Å². The Hall–Kier alpha value is -4.98. The van der Waals surface area contributed by atoms with Gasteiger partial charge < -0.3 is 20.1 Å². The molecule has 3 aromatic carbocycles. The average molecular weight is 485 g/mol. The maximum absolute atomic E-state index is 12.5. The Balaban J connectivity index is 1.82. The van der Waals surface area contributed by atoms with E-state index in [2.05, 4.69) is 10.6 Å². The fourth-order valence-electron chi connectivity index (χ4n) is 3.10. The molecule has 3 rings (SSSR count). The molecule has 0 saturated carbocycles. The van der Waals surface area contributed by atoms with Crippen molar-refractivity contribution in [3.8, 4) is 0 Å². The summed E-state index contributed by atoms with van der Waals surface area (Å²) in [6, 6.07) is 23.6. The lowest BCUT2D eigenvalue weighted by molar-refractivity contribution is -0.137. The second kappa shape index (κ2) is 12.5. The van der Waals surface area contributed by atoms with E-state index in [4.69, 9.17) is 9.47 Å². The SMILES string of the molecule is COC(=O)/C(=C/c1ccc(/C=C(/NC(=O)c2ccccc2)C(=O)OC)cc1)NC(=O)c1ccccc1. The van der Waals surface area contributed by atoms with Gasteiger partial charge in [-0.3, -0.25) is 9.59 Å². The number of esters is 2. The molecule has 0 fully saturated rings. The van der Waals surface area contributed by atoms with Gasteiger partial charge in [0.1, 0.15) is 11.4 Å². The second-order valence-corrected chi connectivity index (χ2v) is 7.41. The van der Waals surface area contributed by atoms with Gasteiger partial charge in [0.2, 0.25) is 0 Å². The van der Waals surface area contributed by atoms with E-state index in [1.54, 1.807) is 84.9 Å². The summed E-state index contributed by atoms with van der Waals surface area (Å²) in [6.45, 7) is 0. The molecule has 8 nitrogen and oxygen atoms in total. The molecule has 0 saturated heterocycles. The molecule has 3 aromatic rings. The molecule has 0 atom stereocenters. The van der Waals surface area contributed by atoms with Crippen molar-refractivity contribution in [2.24, 2.45) is 0 Å². The highest BCUT2D eigenvalue weighted by molar-refractivity contribution is 6.04. The Morgan fingerprint density at radius 3 is 1.19 bits per heavy atom. The number of nitrogens with one attached hydrogen (secondary N) is 2. The molecule has 0 bridgehead atoms. The van der Waals surface area contributed by atoms with E-state index in [1.807, 2.05) is 0 Å². The lowest BCUT2D eigenvalue weighted by Gasteiger charge is -2.09. The third-order valence-electron chi connectivity index (χ3n) is 4.94. The zero-order chi connectivity index (χ0) is 25.9. The number of benzene rings is 3. The highest BCUT2D eigenvalue weighted by atomic mass is 16.5. The van der Waals surface area contributed by atoms with E-state index in [0.29, 0.717) is 22.3 Å². The average Bonchev–Trinajstić information content (AvgIpc) is 2.93. The second-order valence-electron chi connectivity index (χ2n) is 7.41. The highest BCUT2D eigenvalue weighted by Gasteiger charge is 2.16.